The van der Waals surface area contributed by atoms with Crippen molar-refractivity contribution in [3.63, 3.8) is 0 Å². The number of ether oxygens (including phenoxy) is 1. The van der Waals surface area contributed by atoms with Crippen LogP contribution in [-0.2, 0) is 4.79 Å². The molecule has 0 bridgehead atoms. The Hall–Kier alpha value is -2.11. The van der Waals surface area contributed by atoms with Crippen molar-refractivity contribution in [2.24, 2.45) is 0 Å². The number of hydrogen-bond acceptors (Lipinski definition) is 3. The summed E-state index contributed by atoms with van der Waals surface area (Å²) in [5.74, 6) is -0.589. The quantitative estimate of drug-likeness (QED) is 0.794. The zero-order valence-corrected chi connectivity index (χ0v) is 12.4. The van der Waals surface area contributed by atoms with Gasteiger partial charge in [0.15, 0.2) is 0 Å². The van der Waals surface area contributed by atoms with Gasteiger partial charge in [0, 0.05) is 31.2 Å². The standard InChI is InChI=1S/C15H19FN2O3/c1-10-7-17(8-11(2)18(10)9-19)15(20)13-5-4-12(21-3)6-14(13)16/h4-6,9-11H,7-8H2,1-3H3/t10-,11-/m1/s1. The van der Waals surface area contributed by atoms with Crippen LogP contribution in [0.3, 0.4) is 0 Å². The highest BCUT2D eigenvalue weighted by molar-refractivity contribution is 5.94. The summed E-state index contributed by atoms with van der Waals surface area (Å²) in [4.78, 5) is 26.7. The van der Waals surface area contributed by atoms with Crippen molar-refractivity contribution in [1.29, 1.82) is 0 Å². The molecule has 1 saturated heterocycles. The Balaban J connectivity index is 2.19. The van der Waals surface area contributed by atoms with Crippen LogP contribution in [0.2, 0.25) is 0 Å². The van der Waals surface area contributed by atoms with Gasteiger partial charge in [-0.1, -0.05) is 0 Å². The monoisotopic (exact) mass is 294 g/mol. The van der Waals surface area contributed by atoms with Gasteiger partial charge in [0.1, 0.15) is 11.6 Å². The summed E-state index contributed by atoms with van der Waals surface area (Å²) in [6.45, 7) is 4.53. The lowest BCUT2D eigenvalue weighted by molar-refractivity contribution is -0.124. The second-order valence-corrected chi connectivity index (χ2v) is 5.31. The molecule has 2 rings (SSSR count). The van der Waals surface area contributed by atoms with Gasteiger partial charge in [-0.15, -0.1) is 0 Å². The molecule has 0 spiro atoms. The number of rotatable bonds is 3. The number of carbonyl (C=O) groups excluding carboxylic acids is 2. The van der Waals surface area contributed by atoms with Crippen LogP contribution in [0.25, 0.3) is 0 Å². The zero-order valence-electron chi connectivity index (χ0n) is 12.4. The third-order valence-electron chi connectivity index (χ3n) is 3.80. The summed E-state index contributed by atoms with van der Waals surface area (Å²) >= 11 is 0. The second-order valence-electron chi connectivity index (χ2n) is 5.31. The van der Waals surface area contributed by atoms with Crippen LogP contribution in [-0.4, -0.2) is 54.4 Å². The first-order valence-electron chi connectivity index (χ1n) is 6.83. The maximum absolute atomic E-state index is 14.0. The van der Waals surface area contributed by atoms with E-state index in [1.807, 2.05) is 13.8 Å². The van der Waals surface area contributed by atoms with Gasteiger partial charge in [0.25, 0.3) is 5.91 Å². The van der Waals surface area contributed by atoms with E-state index in [0.717, 1.165) is 6.41 Å². The predicted octanol–water partition coefficient (Wildman–Crippen LogP) is 1.53. The minimum Gasteiger partial charge on any atom is -0.497 e. The summed E-state index contributed by atoms with van der Waals surface area (Å²) in [5, 5.41) is 0. The number of hydrogen-bond donors (Lipinski definition) is 0. The van der Waals surface area contributed by atoms with E-state index in [9.17, 15) is 14.0 Å². The number of carbonyl (C=O) groups is 2. The number of methoxy groups -OCH3 is 1. The van der Waals surface area contributed by atoms with Crippen molar-refractivity contribution in [3.8, 4) is 5.75 Å². The van der Waals surface area contributed by atoms with Crippen molar-refractivity contribution in [2.75, 3.05) is 20.2 Å². The number of halogens is 1. The third kappa shape index (κ3) is 2.99. The van der Waals surface area contributed by atoms with Crippen LogP contribution in [0.1, 0.15) is 24.2 Å². The van der Waals surface area contributed by atoms with Crippen molar-refractivity contribution in [1.82, 2.24) is 9.80 Å². The van der Waals surface area contributed by atoms with Gasteiger partial charge < -0.3 is 14.5 Å². The van der Waals surface area contributed by atoms with Gasteiger partial charge in [0.2, 0.25) is 6.41 Å². The SMILES string of the molecule is COc1ccc(C(=O)N2C[C@@H](C)N(C=O)[C@H](C)C2)c(F)c1. The maximum Gasteiger partial charge on any atom is 0.256 e. The fourth-order valence-corrected chi connectivity index (χ4v) is 2.68. The van der Waals surface area contributed by atoms with Crippen molar-refractivity contribution >= 4 is 12.3 Å². The van der Waals surface area contributed by atoms with E-state index in [-0.39, 0.29) is 23.6 Å². The maximum atomic E-state index is 14.0. The van der Waals surface area contributed by atoms with E-state index < -0.39 is 5.82 Å². The molecule has 1 aliphatic heterocycles. The molecule has 2 atom stereocenters. The molecule has 1 aliphatic rings. The molecule has 0 radical (unpaired) electrons. The van der Waals surface area contributed by atoms with Crippen LogP contribution in [0, 0.1) is 5.82 Å². The largest absolute Gasteiger partial charge is 0.497 e. The van der Waals surface area contributed by atoms with Gasteiger partial charge >= 0.3 is 0 Å². The molecular weight excluding hydrogens is 275 g/mol. The molecule has 1 aromatic carbocycles. The van der Waals surface area contributed by atoms with Crippen LogP contribution >= 0.6 is 0 Å². The van der Waals surface area contributed by atoms with Crippen molar-refractivity contribution in [2.45, 2.75) is 25.9 Å². The minimum atomic E-state index is -0.600. The van der Waals surface area contributed by atoms with Gasteiger partial charge in [0.05, 0.1) is 12.7 Å². The third-order valence-corrected chi connectivity index (χ3v) is 3.80. The first-order valence-corrected chi connectivity index (χ1v) is 6.83. The van der Waals surface area contributed by atoms with E-state index in [1.165, 1.54) is 19.2 Å². The molecule has 0 aliphatic carbocycles. The molecule has 1 heterocycles. The lowest BCUT2D eigenvalue weighted by Gasteiger charge is -2.42. The van der Waals surface area contributed by atoms with E-state index in [4.69, 9.17) is 4.74 Å². The number of nitrogens with zero attached hydrogens (tertiary/aromatic N) is 2. The lowest BCUT2D eigenvalue weighted by atomic mass is 10.1. The van der Waals surface area contributed by atoms with Gasteiger partial charge in [-0.3, -0.25) is 9.59 Å². The fraction of sp³-hybridized carbons (Fsp3) is 0.467. The molecule has 2 amide bonds. The van der Waals surface area contributed by atoms with Crippen LogP contribution < -0.4 is 4.74 Å². The number of piperazine rings is 1. The van der Waals surface area contributed by atoms with E-state index in [1.54, 1.807) is 15.9 Å². The Labute approximate surface area is 123 Å². The van der Waals surface area contributed by atoms with Crippen molar-refractivity contribution < 1.29 is 18.7 Å². The molecule has 0 N–H and O–H groups in total. The Morgan fingerprint density at radius 1 is 1.33 bits per heavy atom. The van der Waals surface area contributed by atoms with Crippen molar-refractivity contribution in [3.05, 3.63) is 29.6 Å². The molecule has 1 aromatic rings. The smallest absolute Gasteiger partial charge is 0.256 e. The first kappa shape index (κ1) is 15.3. The highest BCUT2D eigenvalue weighted by Gasteiger charge is 2.32. The summed E-state index contributed by atoms with van der Waals surface area (Å²) in [6.07, 6.45) is 0.797. The summed E-state index contributed by atoms with van der Waals surface area (Å²) in [7, 11) is 1.44. The molecule has 0 saturated carbocycles. The Bertz CT molecular complexity index is 538. The lowest BCUT2D eigenvalue weighted by Crippen LogP contribution is -2.57. The molecule has 6 heteroatoms. The van der Waals surface area contributed by atoms with Gasteiger partial charge in [-0.2, -0.15) is 0 Å². The van der Waals surface area contributed by atoms with E-state index in [0.29, 0.717) is 18.8 Å². The number of amides is 2. The molecule has 0 aromatic heterocycles. The Morgan fingerprint density at radius 2 is 1.95 bits per heavy atom. The summed E-state index contributed by atoms with van der Waals surface area (Å²) in [5.41, 5.74) is 0.0229. The van der Waals surface area contributed by atoms with Gasteiger partial charge in [-0.25, -0.2) is 4.39 Å². The molecule has 114 valence electrons. The molecule has 0 unspecified atom stereocenters. The number of benzene rings is 1. The van der Waals surface area contributed by atoms with Crippen LogP contribution in [0.15, 0.2) is 18.2 Å². The first-order chi connectivity index (χ1) is 9.97. The van der Waals surface area contributed by atoms with E-state index in [2.05, 4.69) is 0 Å². The average Bonchev–Trinajstić information content (AvgIpc) is 2.46. The molecule has 5 nitrogen and oxygen atoms in total. The fourth-order valence-electron chi connectivity index (χ4n) is 2.68. The highest BCUT2D eigenvalue weighted by atomic mass is 19.1. The molecular formula is C15H19FN2O3. The predicted molar refractivity (Wildman–Crippen MR) is 75.7 cm³/mol. The van der Waals surface area contributed by atoms with Crippen LogP contribution in [0.4, 0.5) is 4.39 Å². The Kier molecular flexibility index (Phi) is 4.45. The van der Waals surface area contributed by atoms with Crippen LogP contribution in [0.5, 0.6) is 5.75 Å². The molecule has 21 heavy (non-hydrogen) atoms. The second kappa shape index (κ2) is 6.11. The summed E-state index contributed by atoms with van der Waals surface area (Å²) in [6, 6.07) is 4.01. The highest BCUT2D eigenvalue weighted by Crippen LogP contribution is 2.21. The minimum absolute atomic E-state index is 0.0229. The summed E-state index contributed by atoms with van der Waals surface area (Å²) < 4.78 is 18.9. The van der Waals surface area contributed by atoms with Gasteiger partial charge in [-0.05, 0) is 26.0 Å². The topological polar surface area (TPSA) is 49.9 Å². The average molecular weight is 294 g/mol. The Morgan fingerprint density at radius 3 is 2.43 bits per heavy atom. The molecule has 1 fully saturated rings. The zero-order chi connectivity index (χ0) is 15.6. The normalized spacial score (nSPS) is 22.1. The van der Waals surface area contributed by atoms with E-state index >= 15 is 0 Å².